The molecule has 3 aromatic rings. The average Bonchev–Trinajstić information content (AvgIpc) is 3.30. The van der Waals surface area contributed by atoms with Gasteiger partial charge in [-0.25, -0.2) is 9.18 Å². The van der Waals surface area contributed by atoms with Crippen molar-refractivity contribution in [2.45, 2.75) is 84.5 Å². The Kier molecular flexibility index (Phi) is 9.51. The maximum Gasteiger partial charge on any atom is 0.407 e. The number of aromatic nitrogens is 1. The Hall–Kier alpha value is -3.39. The predicted octanol–water partition coefficient (Wildman–Crippen LogP) is 7.43. The number of oxime groups is 1. The molecule has 1 N–H and O–H groups in total. The van der Waals surface area contributed by atoms with Crippen LogP contribution in [0.3, 0.4) is 0 Å². The second-order valence-corrected chi connectivity index (χ2v) is 12.9. The number of piperidine rings is 1. The van der Waals surface area contributed by atoms with Crippen LogP contribution in [0.2, 0.25) is 0 Å². The van der Waals surface area contributed by atoms with Crippen molar-refractivity contribution < 1.29 is 18.8 Å². The smallest absolute Gasteiger partial charge is 0.407 e. The molecule has 7 nitrogen and oxygen atoms in total. The van der Waals surface area contributed by atoms with E-state index in [0.717, 1.165) is 59.6 Å². The minimum atomic E-state index is -0.503. The van der Waals surface area contributed by atoms with Crippen LogP contribution in [0.15, 0.2) is 53.7 Å². The zero-order chi connectivity index (χ0) is 29.7. The van der Waals surface area contributed by atoms with Crippen molar-refractivity contribution in [2.24, 2.45) is 16.5 Å². The summed E-state index contributed by atoms with van der Waals surface area (Å²) in [7, 11) is 1.49. The Morgan fingerprint density at radius 1 is 1.02 bits per heavy atom. The van der Waals surface area contributed by atoms with Crippen LogP contribution in [0.25, 0.3) is 10.9 Å². The highest BCUT2D eigenvalue weighted by Crippen LogP contribution is 2.40. The fourth-order valence-electron chi connectivity index (χ4n) is 6.96. The van der Waals surface area contributed by atoms with E-state index in [4.69, 9.17) is 9.57 Å². The molecule has 5 rings (SSSR count). The van der Waals surface area contributed by atoms with E-state index in [-0.39, 0.29) is 25.0 Å². The summed E-state index contributed by atoms with van der Waals surface area (Å²) in [5, 5.41) is 7.71. The molecule has 2 fully saturated rings. The highest BCUT2D eigenvalue weighted by Gasteiger charge is 2.34. The normalized spacial score (nSPS) is 20.7. The first-order valence-corrected chi connectivity index (χ1v) is 15.3. The highest BCUT2D eigenvalue weighted by atomic mass is 19.1. The van der Waals surface area contributed by atoms with Crippen molar-refractivity contribution in [3.05, 3.63) is 71.2 Å². The molecule has 1 saturated carbocycles. The lowest BCUT2D eigenvalue weighted by Gasteiger charge is -2.44. The molecule has 1 aliphatic heterocycles. The summed E-state index contributed by atoms with van der Waals surface area (Å²) in [5.74, 6) is 0.494. The van der Waals surface area contributed by atoms with Crippen LogP contribution in [0, 0.1) is 17.2 Å². The molecule has 42 heavy (non-hydrogen) atoms. The van der Waals surface area contributed by atoms with Gasteiger partial charge in [-0.2, -0.15) is 0 Å². The number of fused-ring (bicyclic) bond motifs is 1. The number of likely N-dealkylation sites (tertiary alicyclic amines) is 1. The maximum atomic E-state index is 14.5. The third-order valence-electron chi connectivity index (χ3n) is 9.31. The summed E-state index contributed by atoms with van der Waals surface area (Å²) in [6.07, 6.45) is 8.26. The van der Waals surface area contributed by atoms with Crippen LogP contribution < -0.4 is 5.32 Å². The van der Waals surface area contributed by atoms with Crippen molar-refractivity contribution in [1.82, 2.24) is 14.8 Å². The number of carbonyl (C=O) groups excluding carboxylic acids is 1. The van der Waals surface area contributed by atoms with Crippen molar-refractivity contribution in [1.29, 1.82) is 0 Å². The zero-order valence-corrected chi connectivity index (χ0v) is 25.4. The Morgan fingerprint density at radius 2 is 1.74 bits per heavy atom. The van der Waals surface area contributed by atoms with Gasteiger partial charge in [0.1, 0.15) is 19.5 Å². The molecule has 0 radical (unpaired) electrons. The lowest BCUT2D eigenvalue weighted by Crippen LogP contribution is -2.44. The molecule has 0 unspecified atom stereocenters. The van der Waals surface area contributed by atoms with Gasteiger partial charge < -0.3 is 24.4 Å². The Morgan fingerprint density at radius 3 is 2.40 bits per heavy atom. The van der Waals surface area contributed by atoms with Crippen molar-refractivity contribution in [3.63, 3.8) is 0 Å². The highest BCUT2D eigenvalue weighted by molar-refractivity contribution is 6.01. The SMILES string of the molecule is CO/N=C\c1c(CNC(=O)OCc2ccccc2)n(C2CCN(C3CCC(C(C)(C)C)CC3)CC2)c2ccc(F)cc12. The van der Waals surface area contributed by atoms with Gasteiger partial charge in [-0.15, -0.1) is 0 Å². The van der Waals surface area contributed by atoms with Gasteiger partial charge in [0.2, 0.25) is 0 Å². The van der Waals surface area contributed by atoms with Crippen LogP contribution >= 0.6 is 0 Å². The first kappa shape index (κ1) is 30.1. The Bertz CT molecular complexity index is 1360. The number of nitrogens with zero attached hydrogens (tertiary/aromatic N) is 3. The van der Waals surface area contributed by atoms with Crippen molar-refractivity contribution in [3.8, 4) is 0 Å². The molecule has 0 spiro atoms. The van der Waals surface area contributed by atoms with E-state index in [2.05, 4.69) is 40.7 Å². The number of ether oxygens (including phenoxy) is 1. The summed E-state index contributed by atoms with van der Waals surface area (Å²) >= 11 is 0. The standard InChI is InChI=1S/C34H45FN4O3/c1-34(2,3)25-10-13-27(14-11-25)38-18-16-28(17-19-38)39-31-15-12-26(35)20-29(31)30(21-37-41-4)32(39)22-36-33(40)42-23-24-8-6-5-7-9-24/h5-9,12,15,20-21,25,27-28H,10-11,13-14,16-19,22-23H2,1-4H3,(H,36,40)/b37-21-. The quantitative estimate of drug-likeness (QED) is 0.224. The topological polar surface area (TPSA) is 68.1 Å². The van der Waals surface area contributed by atoms with Gasteiger partial charge in [0.05, 0.1) is 12.8 Å². The summed E-state index contributed by atoms with van der Waals surface area (Å²) in [4.78, 5) is 20.4. The van der Waals surface area contributed by atoms with Crippen LogP contribution in [0.4, 0.5) is 9.18 Å². The lowest BCUT2D eigenvalue weighted by molar-refractivity contribution is 0.0719. The molecule has 1 amide bonds. The number of benzene rings is 2. The molecule has 8 heteroatoms. The van der Waals surface area contributed by atoms with Gasteiger partial charge >= 0.3 is 6.09 Å². The van der Waals surface area contributed by atoms with Gasteiger partial charge in [0.15, 0.2) is 0 Å². The van der Waals surface area contributed by atoms with Crippen molar-refractivity contribution >= 4 is 23.2 Å². The van der Waals surface area contributed by atoms with E-state index in [0.29, 0.717) is 11.5 Å². The van der Waals surface area contributed by atoms with E-state index in [1.54, 1.807) is 12.3 Å². The lowest BCUT2D eigenvalue weighted by atomic mass is 9.71. The number of alkyl carbamates (subject to hydrolysis) is 1. The molecule has 0 atom stereocenters. The first-order valence-electron chi connectivity index (χ1n) is 15.3. The van der Waals surface area contributed by atoms with E-state index >= 15 is 0 Å². The molecule has 1 aromatic heterocycles. The summed E-state index contributed by atoms with van der Waals surface area (Å²) in [5.41, 5.74) is 3.86. The third-order valence-corrected chi connectivity index (χ3v) is 9.31. The van der Waals surface area contributed by atoms with Gasteiger partial charge in [0, 0.05) is 47.3 Å². The number of rotatable bonds is 8. The van der Waals surface area contributed by atoms with Crippen LogP contribution in [-0.4, -0.2) is 48.0 Å². The summed E-state index contributed by atoms with van der Waals surface area (Å²) in [6, 6.07) is 15.4. The number of carbonyl (C=O) groups is 1. The zero-order valence-electron chi connectivity index (χ0n) is 25.4. The molecule has 1 saturated heterocycles. The molecule has 2 heterocycles. The van der Waals surface area contributed by atoms with Crippen molar-refractivity contribution in [2.75, 3.05) is 20.2 Å². The van der Waals surface area contributed by atoms with Crippen LogP contribution in [0.1, 0.15) is 82.2 Å². The monoisotopic (exact) mass is 576 g/mol. The van der Waals surface area contributed by atoms with E-state index in [1.165, 1.54) is 38.9 Å². The number of nitrogens with one attached hydrogen (secondary N) is 1. The van der Waals surface area contributed by atoms with Crippen LogP contribution in [-0.2, 0) is 22.7 Å². The number of hydrogen-bond acceptors (Lipinski definition) is 5. The van der Waals surface area contributed by atoms with Gasteiger partial charge in [-0.3, -0.25) is 0 Å². The molecule has 2 aromatic carbocycles. The number of amides is 1. The summed E-state index contributed by atoms with van der Waals surface area (Å²) in [6.45, 7) is 9.60. The predicted molar refractivity (Wildman–Crippen MR) is 165 cm³/mol. The fourth-order valence-corrected chi connectivity index (χ4v) is 6.96. The molecular weight excluding hydrogens is 531 g/mol. The van der Waals surface area contributed by atoms with E-state index < -0.39 is 6.09 Å². The van der Waals surface area contributed by atoms with Gasteiger partial charge in [-0.05, 0) is 73.6 Å². The maximum absolute atomic E-state index is 14.5. The first-order chi connectivity index (χ1) is 20.2. The largest absolute Gasteiger partial charge is 0.445 e. The van der Waals surface area contributed by atoms with Gasteiger partial charge in [-0.1, -0.05) is 56.3 Å². The van der Waals surface area contributed by atoms with Crippen LogP contribution in [0.5, 0.6) is 0 Å². The average molecular weight is 577 g/mol. The molecule has 2 aliphatic rings. The second kappa shape index (κ2) is 13.3. The van der Waals surface area contributed by atoms with E-state index in [9.17, 15) is 9.18 Å². The molecule has 0 bridgehead atoms. The van der Waals surface area contributed by atoms with Gasteiger partial charge in [0.25, 0.3) is 0 Å². The number of hydrogen-bond donors (Lipinski definition) is 1. The molecule has 1 aliphatic carbocycles. The summed E-state index contributed by atoms with van der Waals surface area (Å²) < 4.78 is 22.2. The van der Waals surface area contributed by atoms with E-state index in [1.807, 2.05) is 36.4 Å². The Balaban J connectivity index is 1.33. The second-order valence-electron chi connectivity index (χ2n) is 12.9. The third kappa shape index (κ3) is 6.97. The minimum Gasteiger partial charge on any atom is -0.445 e. The molecular formula is C34H45FN4O3. The molecule has 226 valence electrons. The number of halogens is 1. The Labute approximate surface area is 249 Å². The fraction of sp³-hybridized carbons (Fsp3) is 0.529. The minimum absolute atomic E-state index is 0.189.